The molecule has 0 saturated carbocycles. The summed E-state index contributed by atoms with van der Waals surface area (Å²) in [5, 5.41) is 21.2. The average molecular weight is 434 g/mol. The number of fused-ring (bicyclic) bond motifs is 1. The van der Waals surface area contributed by atoms with Crippen molar-refractivity contribution in [1.82, 2.24) is 4.98 Å². The van der Waals surface area contributed by atoms with Crippen LogP contribution in [-0.4, -0.2) is 26.9 Å². The Bertz CT molecular complexity index is 1290. The largest absolute Gasteiger partial charge is 0.494 e. The van der Waals surface area contributed by atoms with Gasteiger partial charge in [0.2, 0.25) is 0 Å². The van der Waals surface area contributed by atoms with Crippen LogP contribution in [-0.2, 0) is 17.8 Å². The molecular formula is C24H20ClN3O3. The molecule has 0 aliphatic carbocycles. The number of nitrogens with one attached hydrogen (secondary N) is 1. The molecule has 1 heterocycles. The smallest absolute Gasteiger partial charge is 0.307 e. The molecule has 0 saturated heterocycles. The van der Waals surface area contributed by atoms with E-state index in [9.17, 15) is 15.0 Å². The number of aliphatic carboxylic acids is 1. The van der Waals surface area contributed by atoms with Crippen molar-refractivity contribution in [2.24, 2.45) is 10.7 Å². The molecule has 0 bridgehead atoms. The number of rotatable bonds is 6. The lowest BCUT2D eigenvalue weighted by atomic mass is 9.98. The third-order valence-corrected chi connectivity index (χ3v) is 5.18. The van der Waals surface area contributed by atoms with E-state index in [0.717, 1.165) is 10.9 Å². The highest BCUT2D eigenvalue weighted by Crippen LogP contribution is 2.33. The third kappa shape index (κ3) is 4.45. The van der Waals surface area contributed by atoms with Crippen molar-refractivity contribution in [1.29, 1.82) is 0 Å². The molecule has 4 rings (SSSR count). The van der Waals surface area contributed by atoms with Gasteiger partial charge in [-0.1, -0.05) is 48.0 Å². The lowest BCUT2D eigenvalue weighted by Crippen LogP contribution is -2.06. The second kappa shape index (κ2) is 8.63. The fourth-order valence-corrected chi connectivity index (χ4v) is 3.67. The highest BCUT2D eigenvalue weighted by atomic mass is 35.5. The maximum absolute atomic E-state index is 11.2. The third-order valence-electron chi connectivity index (χ3n) is 4.95. The number of aromatic hydroxyl groups is 1. The van der Waals surface area contributed by atoms with Gasteiger partial charge in [-0.2, -0.15) is 0 Å². The average Bonchev–Trinajstić information content (AvgIpc) is 3.06. The van der Waals surface area contributed by atoms with Crippen molar-refractivity contribution in [2.75, 3.05) is 0 Å². The molecule has 156 valence electrons. The van der Waals surface area contributed by atoms with Gasteiger partial charge in [0.05, 0.1) is 28.9 Å². The Hall–Kier alpha value is -3.61. The number of benzene rings is 3. The minimum atomic E-state index is -0.919. The molecule has 6 nitrogen and oxygen atoms in total. The lowest BCUT2D eigenvalue weighted by molar-refractivity contribution is -0.136. The van der Waals surface area contributed by atoms with Crippen molar-refractivity contribution >= 4 is 39.9 Å². The number of carboxylic acid groups (broad SMARTS) is 1. The van der Waals surface area contributed by atoms with Crippen molar-refractivity contribution in [3.05, 3.63) is 94.0 Å². The van der Waals surface area contributed by atoms with Gasteiger partial charge in [0.1, 0.15) is 0 Å². The summed E-state index contributed by atoms with van der Waals surface area (Å²) in [6.45, 7) is 0.429. The Morgan fingerprint density at radius 3 is 2.52 bits per heavy atom. The van der Waals surface area contributed by atoms with Crippen molar-refractivity contribution in [3.63, 3.8) is 0 Å². The topological polar surface area (TPSA) is 112 Å². The van der Waals surface area contributed by atoms with Crippen LogP contribution in [0.3, 0.4) is 0 Å². The lowest BCUT2D eigenvalue weighted by Gasteiger charge is -2.10. The first-order valence-corrected chi connectivity index (χ1v) is 10.0. The van der Waals surface area contributed by atoms with Gasteiger partial charge in [-0.05, 0) is 41.5 Å². The fraction of sp³-hybridized carbons (Fsp3) is 0.0833. The van der Waals surface area contributed by atoms with Crippen molar-refractivity contribution < 1.29 is 15.0 Å². The Labute approximate surface area is 183 Å². The molecule has 0 aliphatic rings. The summed E-state index contributed by atoms with van der Waals surface area (Å²) in [4.78, 5) is 19.0. The normalized spacial score (nSPS) is 11.7. The van der Waals surface area contributed by atoms with Crippen molar-refractivity contribution in [3.8, 4) is 5.88 Å². The number of aromatic amines is 1. The maximum atomic E-state index is 11.2. The second-order valence-electron chi connectivity index (χ2n) is 7.14. The van der Waals surface area contributed by atoms with Gasteiger partial charge in [0.25, 0.3) is 0 Å². The number of carboxylic acids is 1. The van der Waals surface area contributed by atoms with Crippen LogP contribution >= 0.6 is 11.6 Å². The van der Waals surface area contributed by atoms with E-state index >= 15 is 0 Å². The fourth-order valence-electron chi connectivity index (χ4n) is 3.50. The Morgan fingerprint density at radius 2 is 1.81 bits per heavy atom. The number of carbonyl (C=O) groups is 1. The number of H-pyrrole nitrogens is 1. The van der Waals surface area contributed by atoms with E-state index in [1.165, 1.54) is 0 Å². The number of aliphatic imine (C=N–C) groups is 1. The first-order chi connectivity index (χ1) is 14.9. The van der Waals surface area contributed by atoms with E-state index in [2.05, 4.69) is 4.98 Å². The molecule has 0 fully saturated rings. The summed E-state index contributed by atoms with van der Waals surface area (Å²) in [6, 6.07) is 19.9. The number of halogens is 1. The molecule has 31 heavy (non-hydrogen) atoms. The van der Waals surface area contributed by atoms with Crippen molar-refractivity contribution in [2.45, 2.75) is 13.0 Å². The summed E-state index contributed by atoms with van der Waals surface area (Å²) in [7, 11) is 0. The van der Waals surface area contributed by atoms with Gasteiger partial charge in [0, 0.05) is 22.5 Å². The van der Waals surface area contributed by atoms with E-state index in [4.69, 9.17) is 22.3 Å². The molecule has 7 heteroatoms. The molecule has 0 spiro atoms. The zero-order valence-corrected chi connectivity index (χ0v) is 17.2. The minimum Gasteiger partial charge on any atom is -0.494 e. The molecule has 0 unspecified atom stereocenters. The highest BCUT2D eigenvalue weighted by molar-refractivity contribution is 6.31. The van der Waals surface area contributed by atoms with Gasteiger partial charge in [-0.3, -0.25) is 4.79 Å². The molecule has 0 aliphatic heterocycles. The summed E-state index contributed by atoms with van der Waals surface area (Å²) in [5.41, 5.74) is 10.4. The van der Waals surface area contributed by atoms with Gasteiger partial charge in [-0.15, -0.1) is 0 Å². The van der Waals surface area contributed by atoms with Gasteiger partial charge in [-0.25, -0.2) is 4.99 Å². The second-order valence-corrected chi connectivity index (χ2v) is 7.58. The van der Waals surface area contributed by atoms with Crippen LogP contribution in [0.2, 0.25) is 5.02 Å². The Kier molecular flexibility index (Phi) is 5.75. The molecule has 3 aromatic carbocycles. The van der Waals surface area contributed by atoms with E-state index in [-0.39, 0.29) is 12.3 Å². The monoisotopic (exact) mass is 433 g/mol. The molecule has 0 atom stereocenters. The van der Waals surface area contributed by atoms with Gasteiger partial charge >= 0.3 is 5.97 Å². The van der Waals surface area contributed by atoms with Crippen LogP contribution in [0.4, 0.5) is 5.69 Å². The number of hydrogen-bond donors (Lipinski definition) is 4. The SMILES string of the molecule is NCc1ccc(N=C(c2cccc(CC(=O)O)c2)c2c(O)[nH]c3cc(Cl)ccc23)cc1. The van der Waals surface area contributed by atoms with E-state index in [1.54, 1.807) is 30.3 Å². The van der Waals surface area contributed by atoms with Gasteiger partial charge in [0.15, 0.2) is 5.88 Å². The first-order valence-electron chi connectivity index (χ1n) is 9.64. The summed E-state index contributed by atoms with van der Waals surface area (Å²) < 4.78 is 0. The van der Waals surface area contributed by atoms with Crippen LogP contribution < -0.4 is 5.73 Å². The maximum Gasteiger partial charge on any atom is 0.307 e. The number of nitrogens with two attached hydrogens (primary N) is 1. The van der Waals surface area contributed by atoms with E-state index < -0.39 is 5.97 Å². The van der Waals surface area contributed by atoms with Crippen LogP contribution in [0.5, 0.6) is 5.88 Å². The number of nitrogens with zero attached hydrogens (tertiary/aromatic N) is 1. The van der Waals surface area contributed by atoms with Crippen LogP contribution in [0, 0.1) is 0 Å². The minimum absolute atomic E-state index is 0.0433. The van der Waals surface area contributed by atoms with Crippen LogP contribution in [0.25, 0.3) is 10.9 Å². The number of hydrogen-bond acceptors (Lipinski definition) is 4. The summed E-state index contributed by atoms with van der Waals surface area (Å²) in [6.07, 6.45) is -0.109. The zero-order valence-electron chi connectivity index (χ0n) is 16.5. The molecule has 5 N–H and O–H groups in total. The van der Waals surface area contributed by atoms with E-state index in [0.29, 0.717) is 45.2 Å². The first kappa shape index (κ1) is 20.7. The van der Waals surface area contributed by atoms with Crippen LogP contribution in [0.15, 0.2) is 71.7 Å². The highest BCUT2D eigenvalue weighted by Gasteiger charge is 2.19. The predicted molar refractivity (Wildman–Crippen MR) is 122 cm³/mol. The van der Waals surface area contributed by atoms with Crippen LogP contribution in [0.1, 0.15) is 22.3 Å². The zero-order chi connectivity index (χ0) is 22.0. The van der Waals surface area contributed by atoms with Gasteiger partial charge < -0.3 is 20.9 Å². The van der Waals surface area contributed by atoms with E-state index in [1.807, 2.05) is 36.4 Å². The summed E-state index contributed by atoms with van der Waals surface area (Å²) >= 11 is 6.11. The molecule has 0 amide bonds. The Morgan fingerprint density at radius 1 is 1.03 bits per heavy atom. The molecular weight excluding hydrogens is 414 g/mol. The Balaban J connectivity index is 1.93. The quantitative estimate of drug-likeness (QED) is 0.328. The summed E-state index contributed by atoms with van der Waals surface area (Å²) in [5.74, 6) is -0.962. The molecule has 1 aromatic heterocycles. The molecule has 0 radical (unpaired) electrons. The number of aromatic nitrogens is 1. The predicted octanol–water partition coefficient (Wildman–Crippen LogP) is 4.78. The molecule has 4 aromatic rings. The standard InChI is InChI=1S/C24H20ClN3O3/c25-17-6-9-19-20(12-17)28-24(31)22(19)23(27-18-7-4-14(13-26)5-8-18)16-3-1-2-15(10-16)11-21(29)30/h1-10,12,28,31H,11,13,26H2,(H,29,30).